The van der Waals surface area contributed by atoms with Crippen molar-refractivity contribution in [2.24, 2.45) is 0 Å². The summed E-state index contributed by atoms with van der Waals surface area (Å²) in [7, 11) is 1.77. The molecule has 0 fully saturated rings. The number of amides is 1. The molecule has 0 spiro atoms. The summed E-state index contributed by atoms with van der Waals surface area (Å²) in [5.41, 5.74) is 3.68. The lowest BCUT2D eigenvalue weighted by molar-refractivity contribution is -0.125. The standard InChI is InChI=1S/C20H20N4O2/c1-4-14-5-7-16(22-12-14)19-21-9-10-24(19)15-6-8-17-18(11-15)26-13(2)20(25)23(17)3/h5-13H,4H2,1-3H3/t13-/m1/s1. The Kier molecular flexibility index (Phi) is 3.95. The van der Waals surface area contributed by atoms with Gasteiger partial charge in [-0.05, 0) is 37.1 Å². The van der Waals surface area contributed by atoms with E-state index in [1.807, 2.05) is 41.2 Å². The number of pyridine rings is 1. The molecule has 0 saturated carbocycles. The minimum absolute atomic E-state index is 0.0474. The molecule has 0 unspecified atom stereocenters. The number of ether oxygens (including phenoxy) is 1. The highest BCUT2D eigenvalue weighted by atomic mass is 16.5. The fourth-order valence-corrected chi connectivity index (χ4v) is 3.12. The lowest BCUT2D eigenvalue weighted by Crippen LogP contribution is -2.41. The van der Waals surface area contributed by atoms with E-state index in [0.29, 0.717) is 5.75 Å². The van der Waals surface area contributed by atoms with Crippen molar-refractivity contribution in [1.82, 2.24) is 14.5 Å². The first-order valence-electron chi connectivity index (χ1n) is 8.65. The van der Waals surface area contributed by atoms with Crippen LogP contribution in [-0.2, 0) is 11.2 Å². The van der Waals surface area contributed by atoms with Crippen LogP contribution in [0.15, 0.2) is 48.9 Å². The number of anilines is 1. The molecule has 1 atom stereocenters. The van der Waals surface area contributed by atoms with Crippen LogP contribution in [0, 0.1) is 0 Å². The molecule has 132 valence electrons. The predicted molar refractivity (Wildman–Crippen MR) is 99.7 cm³/mol. The zero-order chi connectivity index (χ0) is 18.3. The van der Waals surface area contributed by atoms with Crippen molar-refractivity contribution in [2.45, 2.75) is 26.4 Å². The summed E-state index contributed by atoms with van der Waals surface area (Å²) in [5, 5.41) is 0. The molecule has 1 amide bonds. The van der Waals surface area contributed by atoms with Crippen LogP contribution in [0.4, 0.5) is 5.69 Å². The van der Waals surface area contributed by atoms with Crippen molar-refractivity contribution >= 4 is 11.6 Å². The number of rotatable bonds is 3. The lowest BCUT2D eigenvalue weighted by atomic mass is 10.1. The van der Waals surface area contributed by atoms with Gasteiger partial charge in [0, 0.05) is 31.7 Å². The molecule has 0 saturated heterocycles. The van der Waals surface area contributed by atoms with Gasteiger partial charge >= 0.3 is 0 Å². The molecule has 6 heteroatoms. The van der Waals surface area contributed by atoms with E-state index in [1.54, 1.807) is 25.1 Å². The second-order valence-corrected chi connectivity index (χ2v) is 6.34. The lowest BCUT2D eigenvalue weighted by Gasteiger charge is -2.30. The topological polar surface area (TPSA) is 60.3 Å². The molecular weight excluding hydrogens is 328 g/mol. The van der Waals surface area contributed by atoms with Crippen LogP contribution in [-0.4, -0.2) is 33.6 Å². The third kappa shape index (κ3) is 2.63. The molecule has 1 aliphatic heterocycles. The molecule has 0 radical (unpaired) electrons. The maximum Gasteiger partial charge on any atom is 0.267 e. The van der Waals surface area contributed by atoms with Gasteiger partial charge < -0.3 is 9.64 Å². The van der Waals surface area contributed by atoms with Crippen molar-refractivity contribution in [3.8, 4) is 23.0 Å². The van der Waals surface area contributed by atoms with Crippen molar-refractivity contribution in [2.75, 3.05) is 11.9 Å². The summed E-state index contributed by atoms with van der Waals surface area (Å²) < 4.78 is 7.76. The van der Waals surface area contributed by atoms with Gasteiger partial charge in [0.15, 0.2) is 11.9 Å². The van der Waals surface area contributed by atoms with Gasteiger partial charge in [-0.3, -0.25) is 14.3 Å². The van der Waals surface area contributed by atoms with Gasteiger partial charge in [-0.2, -0.15) is 0 Å². The molecule has 26 heavy (non-hydrogen) atoms. The second kappa shape index (κ2) is 6.29. The van der Waals surface area contributed by atoms with Crippen LogP contribution in [0.1, 0.15) is 19.4 Å². The first kappa shape index (κ1) is 16.3. The zero-order valence-electron chi connectivity index (χ0n) is 15.0. The summed E-state index contributed by atoms with van der Waals surface area (Å²) in [6, 6.07) is 9.83. The highest BCUT2D eigenvalue weighted by molar-refractivity contribution is 5.99. The average Bonchev–Trinajstić information content (AvgIpc) is 3.15. The zero-order valence-corrected chi connectivity index (χ0v) is 15.0. The van der Waals surface area contributed by atoms with E-state index in [2.05, 4.69) is 23.0 Å². The number of fused-ring (bicyclic) bond motifs is 1. The van der Waals surface area contributed by atoms with E-state index in [0.717, 1.165) is 29.3 Å². The Morgan fingerprint density at radius 3 is 2.77 bits per heavy atom. The molecule has 0 bridgehead atoms. The number of aryl methyl sites for hydroxylation is 1. The number of hydrogen-bond donors (Lipinski definition) is 0. The summed E-state index contributed by atoms with van der Waals surface area (Å²) in [6.07, 6.45) is 5.99. The fourth-order valence-electron chi connectivity index (χ4n) is 3.12. The smallest absolute Gasteiger partial charge is 0.267 e. The minimum Gasteiger partial charge on any atom is -0.479 e. The van der Waals surface area contributed by atoms with Crippen molar-refractivity contribution in [3.05, 3.63) is 54.5 Å². The third-order valence-corrected chi connectivity index (χ3v) is 4.67. The van der Waals surface area contributed by atoms with Crippen molar-refractivity contribution in [3.63, 3.8) is 0 Å². The highest BCUT2D eigenvalue weighted by Gasteiger charge is 2.29. The van der Waals surface area contributed by atoms with E-state index in [9.17, 15) is 4.79 Å². The van der Waals surface area contributed by atoms with E-state index >= 15 is 0 Å². The van der Waals surface area contributed by atoms with Crippen LogP contribution in [0.25, 0.3) is 17.2 Å². The van der Waals surface area contributed by atoms with Gasteiger partial charge in [0.2, 0.25) is 0 Å². The average molecular weight is 348 g/mol. The van der Waals surface area contributed by atoms with Crippen molar-refractivity contribution in [1.29, 1.82) is 0 Å². The van der Waals surface area contributed by atoms with E-state index in [1.165, 1.54) is 5.56 Å². The maximum atomic E-state index is 12.1. The Balaban J connectivity index is 1.75. The summed E-state index contributed by atoms with van der Waals surface area (Å²) in [4.78, 5) is 22.7. The fraction of sp³-hybridized carbons (Fsp3) is 0.250. The van der Waals surface area contributed by atoms with Crippen LogP contribution < -0.4 is 9.64 Å². The van der Waals surface area contributed by atoms with Crippen LogP contribution in [0.3, 0.4) is 0 Å². The van der Waals surface area contributed by atoms with Gasteiger partial charge in [-0.15, -0.1) is 0 Å². The Bertz CT molecular complexity index is 962. The Hall–Kier alpha value is -3.15. The Morgan fingerprint density at radius 2 is 2.04 bits per heavy atom. The Labute approximate surface area is 152 Å². The SMILES string of the molecule is CCc1ccc(-c2nccn2-c2ccc3c(c2)O[C@H](C)C(=O)N3C)nc1. The number of hydrogen-bond acceptors (Lipinski definition) is 4. The molecule has 0 aliphatic carbocycles. The molecule has 6 nitrogen and oxygen atoms in total. The molecule has 0 N–H and O–H groups in total. The monoisotopic (exact) mass is 348 g/mol. The first-order valence-corrected chi connectivity index (χ1v) is 8.65. The number of imidazole rings is 1. The normalized spacial score (nSPS) is 16.3. The van der Waals surface area contributed by atoms with Gasteiger partial charge in [0.25, 0.3) is 5.91 Å². The van der Waals surface area contributed by atoms with E-state index in [4.69, 9.17) is 4.74 Å². The van der Waals surface area contributed by atoms with E-state index in [-0.39, 0.29) is 5.91 Å². The number of benzene rings is 1. The number of aromatic nitrogens is 3. The minimum atomic E-state index is -0.492. The van der Waals surface area contributed by atoms with Crippen molar-refractivity contribution < 1.29 is 9.53 Å². The molecule has 2 aromatic heterocycles. The maximum absolute atomic E-state index is 12.1. The summed E-state index contributed by atoms with van der Waals surface area (Å²) in [5.74, 6) is 1.40. The van der Waals surface area contributed by atoms with Gasteiger partial charge in [-0.1, -0.05) is 13.0 Å². The molecule has 3 aromatic rings. The molecule has 3 heterocycles. The van der Waals surface area contributed by atoms with Crippen LogP contribution in [0.2, 0.25) is 0 Å². The molecule has 1 aliphatic rings. The number of nitrogens with zero attached hydrogens (tertiary/aromatic N) is 4. The van der Waals surface area contributed by atoms with Gasteiger partial charge in [0.05, 0.1) is 11.4 Å². The second-order valence-electron chi connectivity index (χ2n) is 6.34. The number of carbonyl (C=O) groups is 1. The quantitative estimate of drug-likeness (QED) is 0.729. The van der Waals surface area contributed by atoms with Gasteiger partial charge in [-0.25, -0.2) is 4.98 Å². The van der Waals surface area contributed by atoms with Gasteiger partial charge in [0.1, 0.15) is 11.4 Å². The third-order valence-electron chi connectivity index (χ3n) is 4.67. The van der Waals surface area contributed by atoms with Crippen LogP contribution in [0.5, 0.6) is 5.75 Å². The number of likely N-dealkylation sites (N-methyl/N-ethyl adjacent to an activating group) is 1. The molecule has 1 aromatic carbocycles. The van der Waals surface area contributed by atoms with Crippen LogP contribution >= 0.6 is 0 Å². The molecular formula is C20H20N4O2. The number of carbonyl (C=O) groups excluding carboxylic acids is 1. The van der Waals surface area contributed by atoms with E-state index < -0.39 is 6.10 Å². The summed E-state index contributed by atoms with van der Waals surface area (Å²) in [6.45, 7) is 3.86. The highest BCUT2D eigenvalue weighted by Crippen LogP contribution is 2.35. The molecule has 4 rings (SSSR count). The Morgan fingerprint density at radius 1 is 1.19 bits per heavy atom. The largest absolute Gasteiger partial charge is 0.479 e. The summed E-state index contributed by atoms with van der Waals surface area (Å²) >= 11 is 0. The predicted octanol–water partition coefficient (Wildman–Crippen LogP) is 3.24. The first-order chi connectivity index (χ1) is 12.6.